The zero-order valence-corrected chi connectivity index (χ0v) is 18.0. The van der Waals surface area contributed by atoms with E-state index in [9.17, 15) is 4.79 Å². The molecule has 1 aromatic heterocycles. The molecule has 1 N–H and O–H groups in total. The Morgan fingerprint density at radius 2 is 1.90 bits per heavy atom. The first-order chi connectivity index (χ1) is 15.1. The minimum Gasteiger partial charge on any atom is -0.496 e. The minimum atomic E-state index is 0.0242. The molecule has 0 aliphatic carbocycles. The molecule has 0 bridgehead atoms. The smallest absolute Gasteiger partial charge is 0.241 e. The Bertz CT molecular complexity index is 1020. The van der Waals surface area contributed by atoms with Crippen molar-refractivity contribution in [3.05, 3.63) is 65.5 Å². The number of nitrogens with one attached hydrogen (secondary N) is 1. The van der Waals surface area contributed by atoms with E-state index in [1.54, 1.807) is 7.11 Å². The predicted molar refractivity (Wildman–Crippen MR) is 117 cm³/mol. The van der Waals surface area contributed by atoms with Crippen LogP contribution in [0.1, 0.15) is 29.9 Å². The lowest BCUT2D eigenvalue weighted by Gasteiger charge is -2.30. The van der Waals surface area contributed by atoms with Crippen molar-refractivity contribution in [3.63, 3.8) is 0 Å². The molecule has 2 aromatic carbocycles. The highest BCUT2D eigenvalue weighted by Gasteiger charge is 2.26. The summed E-state index contributed by atoms with van der Waals surface area (Å²) in [6.45, 7) is 4.78. The van der Waals surface area contributed by atoms with Crippen molar-refractivity contribution >= 4 is 5.91 Å². The average molecular weight is 421 g/mol. The van der Waals surface area contributed by atoms with Crippen molar-refractivity contribution in [2.45, 2.75) is 32.9 Å². The summed E-state index contributed by atoms with van der Waals surface area (Å²) in [5, 5.41) is 7.19. The van der Waals surface area contributed by atoms with Gasteiger partial charge in [-0.3, -0.25) is 9.69 Å². The lowest BCUT2D eigenvalue weighted by Crippen LogP contribution is -2.40. The number of aryl methyl sites for hydroxylation is 1. The van der Waals surface area contributed by atoms with Crippen molar-refractivity contribution in [2.24, 2.45) is 5.92 Å². The number of likely N-dealkylation sites (tertiary alicyclic amines) is 1. The van der Waals surface area contributed by atoms with E-state index in [0.29, 0.717) is 24.8 Å². The van der Waals surface area contributed by atoms with E-state index in [0.717, 1.165) is 48.4 Å². The number of hydrogen-bond acceptors (Lipinski definition) is 6. The van der Waals surface area contributed by atoms with E-state index < -0.39 is 0 Å². The van der Waals surface area contributed by atoms with Crippen molar-refractivity contribution in [1.82, 2.24) is 20.4 Å². The standard InChI is InChI=1S/C24H28N4O3/c1-17-7-3-5-9-20(17)23-26-22(31-27-23)16-28-13-11-18(12-14-28)24(29)25-15-19-8-4-6-10-21(19)30-2/h3-10,18H,11-16H2,1-2H3,(H,25,29). The summed E-state index contributed by atoms with van der Waals surface area (Å²) in [6, 6.07) is 15.8. The van der Waals surface area contributed by atoms with Gasteiger partial charge in [-0.1, -0.05) is 47.6 Å². The van der Waals surface area contributed by atoms with E-state index in [2.05, 4.69) is 20.4 Å². The molecule has 0 radical (unpaired) electrons. The fourth-order valence-corrected chi connectivity index (χ4v) is 3.97. The zero-order chi connectivity index (χ0) is 21.6. The Labute approximate surface area is 182 Å². The SMILES string of the molecule is COc1ccccc1CNC(=O)C1CCN(Cc2nc(-c3ccccc3C)no2)CC1. The van der Waals surface area contributed by atoms with E-state index in [1.165, 1.54) is 0 Å². The molecule has 1 fully saturated rings. The summed E-state index contributed by atoms with van der Waals surface area (Å²) in [7, 11) is 1.64. The van der Waals surface area contributed by atoms with E-state index >= 15 is 0 Å². The second-order valence-electron chi connectivity index (χ2n) is 7.91. The van der Waals surface area contributed by atoms with E-state index in [-0.39, 0.29) is 11.8 Å². The number of benzene rings is 2. The van der Waals surface area contributed by atoms with Gasteiger partial charge in [-0.15, -0.1) is 0 Å². The molecule has 1 aliphatic heterocycles. The largest absolute Gasteiger partial charge is 0.496 e. The summed E-state index contributed by atoms with van der Waals surface area (Å²) in [4.78, 5) is 19.4. The number of amides is 1. The molecule has 4 rings (SSSR count). The molecule has 0 unspecified atom stereocenters. The highest BCUT2D eigenvalue weighted by Crippen LogP contribution is 2.23. The van der Waals surface area contributed by atoms with Crippen LogP contribution in [0.5, 0.6) is 5.75 Å². The molecule has 1 aliphatic rings. The van der Waals surface area contributed by atoms with Gasteiger partial charge in [0.15, 0.2) is 0 Å². The van der Waals surface area contributed by atoms with Gasteiger partial charge < -0.3 is 14.6 Å². The number of para-hydroxylation sites is 1. The number of carbonyl (C=O) groups excluding carboxylic acids is 1. The van der Waals surface area contributed by atoms with Gasteiger partial charge in [0.25, 0.3) is 0 Å². The molecule has 1 saturated heterocycles. The Kier molecular flexibility index (Phi) is 6.62. The van der Waals surface area contributed by atoms with E-state index in [4.69, 9.17) is 9.26 Å². The quantitative estimate of drug-likeness (QED) is 0.629. The number of methoxy groups -OCH3 is 1. The van der Waals surface area contributed by atoms with Gasteiger partial charge in [0.1, 0.15) is 5.75 Å². The second-order valence-corrected chi connectivity index (χ2v) is 7.91. The van der Waals surface area contributed by atoms with Gasteiger partial charge in [0, 0.05) is 23.6 Å². The first kappa shape index (κ1) is 21.1. The zero-order valence-electron chi connectivity index (χ0n) is 18.0. The number of aromatic nitrogens is 2. The Balaban J connectivity index is 1.26. The lowest BCUT2D eigenvalue weighted by atomic mass is 9.96. The van der Waals surface area contributed by atoms with Gasteiger partial charge in [0.05, 0.1) is 13.7 Å². The van der Waals surface area contributed by atoms with Crippen LogP contribution >= 0.6 is 0 Å². The molecular weight excluding hydrogens is 392 g/mol. The van der Waals surface area contributed by atoms with Crippen LogP contribution in [0.15, 0.2) is 53.1 Å². The van der Waals surface area contributed by atoms with Gasteiger partial charge in [0.2, 0.25) is 17.6 Å². The maximum atomic E-state index is 12.6. The first-order valence-corrected chi connectivity index (χ1v) is 10.6. The minimum absolute atomic E-state index is 0.0242. The maximum absolute atomic E-state index is 12.6. The van der Waals surface area contributed by atoms with Gasteiger partial charge >= 0.3 is 0 Å². The Morgan fingerprint density at radius 1 is 1.16 bits per heavy atom. The van der Waals surface area contributed by atoms with Gasteiger partial charge in [-0.2, -0.15) is 4.98 Å². The second kappa shape index (κ2) is 9.75. The third-order valence-corrected chi connectivity index (χ3v) is 5.82. The molecule has 1 amide bonds. The summed E-state index contributed by atoms with van der Waals surface area (Å²) in [5.74, 6) is 2.15. The Hall–Kier alpha value is -3.19. The van der Waals surface area contributed by atoms with Crippen LogP contribution in [0.2, 0.25) is 0 Å². The molecule has 2 heterocycles. The summed E-state index contributed by atoms with van der Waals surface area (Å²) >= 11 is 0. The van der Waals surface area contributed by atoms with Crippen LogP contribution in [-0.2, 0) is 17.9 Å². The molecule has 7 nitrogen and oxygen atoms in total. The molecular formula is C24H28N4O3. The number of ether oxygens (including phenoxy) is 1. The number of rotatable bonds is 7. The molecule has 7 heteroatoms. The van der Waals surface area contributed by atoms with Gasteiger partial charge in [-0.25, -0.2) is 0 Å². The number of nitrogens with zero attached hydrogens (tertiary/aromatic N) is 3. The molecule has 3 aromatic rings. The molecule has 0 spiro atoms. The summed E-state index contributed by atoms with van der Waals surface area (Å²) < 4.78 is 10.8. The summed E-state index contributed by atoms with van der Waals surface area (Å²) in [6.07, 6.45) is 1.63. The van der Waals surface area contributed by atoms with Gasteiger partial charge in [-0.05, 0) is 44.5 Å². The fourth-order valence-electron chi connectivity index (χ4n) is 3.97. The maximum Gasteiger partial charge on any atom is 0.241 e. The van der Waals surface area contributed by atoms with Crippen molar-refractivity contribution < 1.29 is 14.1 Å². The van der Waals surface area contributed by atoms with Crippen LogP contribution in [0.3, 0.4) is 0 Å². The lowest BCUT2D eigenvalue weighted by molar-refractivity contribution is -0.126. The fraction of sp³-hybridized carbons (Fsp3) is 0.375. The van der Waals surface area contributed by atoms with Crippen molar-refractivity contribution in [1.29, 1.82) is 0 Å². The molecule has 162 valence electrons. The van der Waals surface area contributed by atoms with Crippen LogP contribution in [0.4, 0.5) is 0 Å². The average Bonchev–Trinajstić information content (AvgIpc) is 3.26. The van der Waals surface area contributed by atoms with E-state index in [1.807, 2.05) is 55.5 Å². The number of piperidine rings is 1. The van der Waals surface area contributed by atoms with Crippen molar-refractivity contribution in [2.75, 3.05) is 20.2 Å². The van der Waals surface area contributed by atoms with Crippen LogP contribution < -0.4 is 10.1 Å². The third kappa shape index (κ3) is 5.11. The first-order valence-electron chi connectivity index (χ1n) is 10.6. The van der Waals surface area contributed by atoms with Crippen molar-refractivity contribution in [3.8, 4) is 17.1 Å². The molecule has 31 heavy (non-hydrogen) atoms. The van der Waals surface area contributed by atoms with Crippen LogP contribution in [-0.4, -0.2) is 41.1 Å². The topological polar surface area (TPSA) is 80.5 Å². The molecule has 0 saturated carbocycles. The Morgan fingerprint density at radius 3 is 2.68 bits per heavy atom. The monoisotopic (exact) mass is 420 g/mol. The van der Waals surface area contributed by atoms with Crippen LogP contribution in [0, 0.1) is 12.8 Å². The predicted octanol–water partition coefficient (Wildman–Crippen LogP) is 3.58. The van der Waals surface area contributed by atoms with Crippen LogP contribution in [0.25, 0.3) is 11.4 Å². The molecule has 0 atom stereocenters. The number of carbonyl (C=O) groups is 1. The highest BCUT2D eigenvalue weighted by molar-refractivity contribution is 5.78. The summed E-state index contributed by atoms with van der Waals surface area (Å²) in [5.41, 5.74) is 3.09. The number of hydrogen-bond donors (Lipinski definition) is 1. The normalized spacial score (nSPS) is 15.0. The third-order valence-electron chi connectivity index (χ3n) is 5.82. The highest BCUT2D eigenvalue weighted by atomic mass is 16.5.